The van der Waals surface area contributed by atoms with E-state index in [4.69, 9.17) is 9.47 Å². The van der Waals surface area contributed by atoms with Crippen molar-refractivity contribution < 1.29 is 19.1 Å². The molecule has 0 saturated carbocycles. The van der Waals surface area contributed by atoms with Crippen LogP contribution in [0.15, 0.2) is 109 Å². The molecule has 0 aliphatic rings. The monoisotopic (exact) mass is 692 g/mol. The molecule has 51 heavy (non-hydrogen) atoms. The minimum atomic E-state index is -0.228. The van der Waals surface area contributed by atoms with Gasteiger partial charge in [-0.15, -0.1) is 0 Å². The van der Waals surface area contributed by atoms with Gasteiger partial charge in [0.05, 0.1) is 0 Å². The van der Waals surface area contributed by atoms with E-state index in [2.05, 4.69) is 99.9 Å². The average Bonchev–Trinajstić information content (AvgIpc) is 3.13. The molecule has 0 heterocycles. The molecule has 2 atom stereocenters. The summed E-state index contributed by atoms with van der Waals surface area (Å²) < 4.78 is 11.1. The second-order valence-electron chi connectivity index (χ2n) is 14.2. The number of esters is 2. The van der Waals surface area contributed by atoms with Gasteiger partial charge < -0.3 is 9.47 Å². The lowest BCUT2D eigenvalue weighted by Gasteiger charge is -2.29. The topological polar surface area (TPSA) is 59.1 Å². The van der Waals surface area contributed by atoms with Crippen LogP contribution in [0.4, 0.5) is 0 Å². The molecule has 0 aromatic heterocycles. The van der Waals surface area contributed by atoms with E-state index in [-0.39, 0.29) is 35.9 Å². The van der Waals surface area contributed by atoms with Crippen LogP contribution < -0.4 is 0 Å². The van der Waals surface area contributed by atoms with Crippen LogP contribution in [0, 0.1) is 18.8 Å². The smallest absolute Gasteiger partial charge is 0.323 e. The van der Waals surface area contributed by atoms with Crippen molar-refractivity contribution in [1.82, 2.24) is 9.80 Å². The minimum Gasteiger partial charge on any atom is -0.460 e. The number of likely N-dealkylation sites (N-methyl/N-ethyl adjacent to an activating group) is 2. The molecule has 0 fully saturated rings. The summed E-state index contributed by atoms with van der Waals surface area (Å²) in [5.74, 6) is 0.106. The SMILES string of the molecule is CCc1ccc(CCN(C)[C@H](C(=O)OCc2ccccc2)C(C)C)cc1.Cc1ccc(CCN(C)[C@H](C(=O)OCc2ccccc2)C(C)C)cc1. The summed E-state index contributed by atoms with van der Waals surface area (Å²) in [6.45, 7) is 14.8. The van der Waals surface area contributed by atoms with Crippen molar-refractivity contribution in [3.63, 3.8) is 0 Å². The molecule has 0 radical (unpaired) electrons. The van der Waals surface area contributed by atoms with Gasteiger partial charge >= 0.3 is 11.9 Å². The predicted octanol–water partition coefficient (Wildman–Crippen LogP) is 8.73. The highest BCUT2D eigenvalue weighted by molar-refractivity contribution is 5.76. The van der Waals surface area contributed by atoms with Gasteiger partial charge in [-0.1, -0.05) is 149 Å². The van der Waals surface area contributed by atoms with E-state index in [1.807, 2.05) is 74.8 Å². The Kier molecular flexibility index (Phi) is 17.6. The van der Waals surface area contributed by atoms with Gasteiger partial charge in [0.1, 0.15) is 25.3 Å². The van der Waals surface area contributed by atoms with Gasteiger partial charge in [-0.25, -0.2) is 0 Å². The van der Waals surface area contributed by atoms with Gasteiger partial charge in [0.25, 0.3) is 0 Å². The average molecular weight is 693 g/mol. The second-order valence-corrected chi connectivity index (χ2v) is 14.2. The van der Waals surface area contributed by atoms with Crippen molar-refractivity contribution >= 4 is 11.9 Å². The van der Waals surface area contributed by atoms with Crippen molar-refractivity contribution in [1.29, 1.82) is 0 Å². The van der Waals surface area contributed by atoms with E-state index in [0.29, 0.717) is 13.2 Å². The quantitative estimate of drug-likeness (QED) is 0.103. The lowest BCUT2D eigenvalue weighted by atomic mass is 10.0. The Balaban J connectivity index is 0.000000276. The number of benzene rings is 4. The summed E-state index contributed by atoms with van der Waals surface area (Å²) in [5, 5.41) is 0. The lowest BCUT2D eigenvalue weighted by molar-refractivity contribution is -0.153. The minimum absolute atomic E-state index is 0.146. The first-order chi connectivity index (χ1) is 24.5. The third kappa shape index (κ3) is 14.5. The standard InChI is InChI=1S/C23H31NO2.C22H29NO2/c1-5-19-11-13-20(14-12-19)15-16-24(4)22(18(2)3)23(25)26-17-21-9-7-6-8-10-21;1-17(2)21(22(24)25-16-20-8-6-5-7-9-20)23(4)15-14-19-12-10-18(3)11-13-19/h6-14,18,22H,5,15-17H2,1-4H3;5-13,17,21H,14-16H2,1-4H3/t22-;21-/m00/s1. The van der Waals surface area contributed by atoms with E-state index in [0.717, 1.165) is 43.5 Å². The molecule has 0 N–H and O–H groups in total. The van der Waals surface area contributed by atoms with Crippen LogP contribution in [0.5, 0.6) is 0 Å². The molecule has 0 aliphatic heterocycles. The Morgan fingerprint density at radius 1 is 0.529 bits per heavy atom. The van der Waals surface area contributed by atoms with Gasteiger partial charge in [0, 0.05) is 13.1 Å². The van der Waals surface area contributed by atoms with Crippen LogP contribution in [0.3, 0.4) is 0 Å². The molecule has 6 heteroatoms. The summed E-state index contributed by atoms with van der Waals surface area (Å²) in [4.78, 5) is 29.4. The highest BCUT2D eigenvalue weighted by atomic mass is 16.5. The Labute approximate surface area is 307 Å². The van der Waals surface area contributed by atoms with Gasteiger partial charge in [0.15, 0.2) is 0 Å². The third-order valence-electron chi connectivity index (χ3n) is 9.20. The van der Waals surface area contributed by atoms with Crippen molar-refractivity contribution in [2.45, 2.75) is 86.1 Å². The summed E-state index contributed by atoms with van der Waals surface area (Å²) in [6.07, 6.45) is 2.91. The van der Waals surface area contributed by atoms with Gasteiger partial charge in [-0.2, -0.15) is 0 Å². The highest BCUT2D eigenvalue weighted by Crippen LogP contribution is 2.16. The maximum Gasteiger partial charge on any atom is 0.323 e. The number of hydrogen-bond acceptors (Lipinski definition) is 6. The number of rotatable bonds is 17. The van der Waals surface area contributed by atoms with E-state index in [9.17, 15) is 9.59 Å². The molecular weight excluding hydrogens is 633 g/mol. The number of ether oxygens (including phenoxy) is 2. The van der Waals surface area contributed by atoms with Gasteiger partial charge in [0.2, 0.25) is 0 Å². The molecule has 0 aliphatic carbocycles. The molecule has 4 aromatic rings. The Morgan fingerprint density at radius 2 is 0.882 bits per heavy atom. The molecule has 4 aromatic carbocycles. The first-order valence-electron chi connectivity index (χ1n) is 18.4. The summed E-state index contributed by atoms with van der Waals surface area (Å²) in [7, 11) is 4.01. The van der Waals surface area contributed by atoms with Crippen LogP contribution in [-0.4, -0.2) is 61.0 Å². The Morgan fingerprint density at radius 3 is 1.24 bits per heavy atom. The number of carbonyl (C=O) groups excluding carboxylic acids is 2. The number of hydrogen-bond donors (Lipinski definition) is 0. The van der Waals surface area contributed by atoms with Crippen molar-refractivity contribution in [2.75, 3.05) is 27.2 Å². The fourth-order valence-corrected chi connectivity index (χ4v) is 6.14. The van der Waals surface area contributed by atoms with Gasteiger partial charge in [-0.3, -0.25) is 19.4 Å². The fourth-order valence-electron chi connectivity index (χ4n) is 6.14. The molecule has 274 valence electrons. The predicted molar refractivity (Wildman–Crippen MR) is 209 cm³/mol. The van der Waals surface area contributed by atoms with Crippen LogP contribution in [-0.2, 0) is 51.5 Å². The van der Waals surface area contributed by atoms with E-state index in [1.165, 1.54) is 22.3 Å². The second kappa shape index (κ2) is 21.8. The van der Waals surface area contributed by atoms with E-state index < -0.39 is 0 Å². The first kappa shape index (κ1) is 41.2. The molecule has 0 amide bonds. The molecule has 0 saturated heterocycles. The maximum absolute atomic E-state index is 12.6. The maximum atomic E-state index is 12.6. The van der Waals surface area contributed by atoms with Crippen molar-refractivity contribution in [3.05, 3.63) is 143 Å². The van der Waals surface area contributed by atoms with Crippen LogP contribution in [0.1, 0.15) is 68.0 Å². The zero-order valence-electron chi connectivity index (χ0n) is 32.2. The van der Waals surface area contributed by atoms with E-state index >= 15 is 0 Å². The molecule has 6 nitrogen and oxygen atoms in total. The van der Waals surface area contributed by atoms with Crippen LogP contribution in [0.25, 0.3) is 0 Å². The normalized spacial score (nSPS) is 12.4. The zero-order valence-corrected chi connectivity index (χ0v) is 32.2. The van der Waals surface area contributed by atoms with Gasteiger partial charge in [-0.05, 0) is 79.9 Å². The number of nitrogens with zero attached hydrogens (tertiary/aromatic N) is 2. The van der Waals surface area contributed by atoms with Crippen molar-refractivity contribution in [3.8, 4) is 0 Å². The molecule has 0 bridgehead atoms. The Hall–Kier alpha value is -4.26. The summed E-state index contributed by atoms with van der Waals surface area (Å²) in [5.41, 5.74) is 7.24. The molecular formula is C45H60N2O4. The summed E-state index contributed by atoms with van der Waals surface area (Å²) in [6, 6.07) is 36.5. The largest absolute Gasteiger partial charge is 0.460 e. The zero-order chi connectivity index (χ0) is 37.2. The highest BCUT2D eigenvalue weighted by Gasteiger charge is 2.29. The molecule has 0 spiro atoms. The first-order valence-corrected chi connectivity index (χ1v) is 18.4. The molecule has 4 rings (SSSR count). The molecule has 0 unspecified atom stereocenters. The number of aryl methyl sites for hydroxylation is 2. The summed E-state index contributed by atoms with van der Waals surface area (Å²) >= 11 is 0. The van der Waals surface area contributed by atoms with Crippen LogP contribution in [0.2, 0.25) is 0 Å². The van der Waals surface area contributed by atoms with E-state index in [1.54, 1.807) is 0 Å². The third-order valence-corrected chi connectivity index (χ3v) is 9.20. The van der Waals surface area contributed by atoms with Crippen LogP contribution >= 0.6 is 0 Å². The Bertz CT molecular complexity index is 1550. The number of carbonyl (C=O) groups is 2. The fraction of sp³-hybridized carbons (Fsp3) is 0.422. The van der Waals surface area contributed by atoms with Crippen molar-refractivity contribution in [2.24, 2.45) is 11.8 Å². The lowest BCUT2D eigenvalue weighted by Crippen LogP contribution is -2.44.